The van der Waals surface area contributed by atoms with Gasteiger partial charge in [-0.25, -0.2) is 0 Å². The van der Waals surface area contributed by atoms with Crippen LogP contribution in [0.3, 0.4) is 0 Å². The molecule has 2 aromatic carbocycles. The van der Waals surface area contributed by atoms with Crippen LogP contribution in [0.4, 0.5) is 11.4 Å². The molecule has 0 aromatic heterocycles. The van der Waals surface area contributed by atoms with Crippen molar-refractivity contribution in [1.29, 1.82) is 10.8 Å². The zero-order valence-electron chi connectivity index (χ0n) is 14.1. The van der Waals surface area contributed by atoms with Crippen LogP contribution < -0.4 is 0 Å². The monoisotopic (exact) mass is 332 g/mol. The van der Waals surface area contributed by atoms with Gasteiger partial charge in [-0.2, -0.15) is 0 Å². The predicted molar refractivity (Wildman–Crippen MR) is 104 cm³/mol. The zero-order chi connectivity index (χ0) is 18.1. The predicted octanol–water partition coefficient (Wildman–Crippen LogP) is 4.49. The minimum Gasteiger partial charge on any atom is -0.313 e. The molecule has 126 valence electrons. The van der Waals surface area contributed by atoms with Crippen molar-refractivity contribution in [2.45, 2.75) is 19.8 Å². The number of ketones is 1. The quantitative estimate of drug-likeness (QED) is 0.685. The maximum atomic E-state index is 12.2. The van der Waals surface area contributed by atoms with Gasteiger partial charge in [0.25, 0.3) is 0 Å². The van der Waals surface area contributed by atoms with E-state index in [1.807, 2.05) is 49.4 Å². The van der Waals surface area contributed by atoms with Crippen molar-refractivity contribution in [2.75, 3.05) is 0 Å². The van der Waals surface area contributed by atoms with Gasteiger partial charge in [0.2, 0.25) is 0 Å². The molecule has 0 spiro atoms. The first kappa shape index (κ1) is 18.1. The first-order valence-electron chi connectivity index (χ1n) is 7.93. The number of aliphatic imine (C=N–C) groups is 2. The summed E-state index contributed by atoms with van der Waals surface area (Å²) in [6, 6.07) is 16.8. The summed E-state index contributed by atoms with van der Waals surface area (Å²) in [6.07, 6.45) is 2.82. The number of Topliss-reactive ketones (excluding diaryl/α,β-unsaturated/α-hetero) is 1. The molecule has 0 saturated carbocycles. The van der Waals surface area contributed by atoms with Crippen LogP contribution in [0.15, 0.2) is 64.6 Å². The lowest BCUT2D eigenvalue weighted by Gasteiger charge is -2.04. The van der Waals surface area contributed by atoms with Crippen LogP contribution in [0.1, 0.15) is 18.4 Å². The van der Waals surface area contributed by atoms with Gasteiger partial charge in [-0.05, 0) is 31.2 Å². The number of hydrogen-bond acceptors (Lipinski definition) is 5. The second-order valence-corrected chi connectivity index (χ2v) is 5.45. The van der Waals surface area contributed by atoms with Crippen molar-refractivity contribution in [3.05, 3.63) is 60.2 Å². The molecule has 5 heteroatoms. The first-order valence-corrected chi connectivity index (χ1v) is 7.93. The molecule has 5 nitrogen and oxygen atoms in total. The van der Waals surface area contributed by atoms with E-state index in [1.54, 1.807) is 12.1 Å². The Balaban J connectivity index is 2.05. The van der Waals surface area contributed by atoms with Gasteiger partial charge in [-0.1, -0.05) is 35.9 Å². The molecule has 0 amide bonds. The molecule has 0 fully saturated rings. The standard InChI is InChI=1S/C20H20N4O/c1-15-7-9-16(10-8-15)23-14-12-19(25)20(22)18(11-13-21)24-17-5-3-2-4-6-17/h2-10,13-14,21-22H,11-12H2,1H3. The summed E-state index contributed by atoms with van der Waals surface area (Å²) in [6.45, 7) is 2.00. The van der Waals surface area contributed by atoms with Crippen LogP contribution in [0.25, 0.3) is 0 Å². The molecular formula is C20H20N4O. The first-order chi connectivity index (χ1) is 12.1. The Morgan fingerprint density at radius 2 is 1.68 bits per heavy atom. The van der Waals surface area contributed by atoms with Crippen molar-refractivity contribution in [3.63, 3.8) is 0 Å². The Morgan fingerprint density at radius 3 is 2.32 bits per heavy atom. The number of nitrogens with zero attached hydrogens (tertiary/aromatic N) is 2. The number of nitrogens with one attached hydrogen (secondary N) is 2. The molecule has 2 N–H and O–H groups in total. The summed E-state index contributed by atoms with van der Waals surface area (Å²) in [7, 11) is 0. The summed E-state index contributed by atoms with van der Waals surface area (Å²) in [4.78, 5) is 20.8. The molecule has 0 atom stereocenters. The molecule has 0 radical (unpaired) electrons. The zero-order valence-corrected chi connectivity index (χ0v) is 14.1. The van der Waals surface area contributed by atoms with Crippen molar-refractivity contribution >= 4 is 41.0 Å². The Bertz CT molecular complexity index is 805. The number of carbonyl (C=O) groups is 1. The van der Waals surface area contributed by atoms with Gasteiger partial charge in [0.15, 0.2) is 5.78 Å². The Morgan fingerprint density at radius 1 is 1.00 bits per heavy atom. The topological polar surface area (TPSA) is 89.5 Å². The minimum atomic E-state index is -0.368. The van der Waals surface area contributed by atoms with E-state index in [0.717, 1.165) is 17.5 Å². The normalized spacial score (nSPS) is 11.5. The third kappa shape index (κ3) is 5.73. The van der Waals surface area contributed by atoms with Crippen LogP contribution >= 0.6 is 0 Å². The summed E-state index contributed by atoms with van der Waals surface area (Å²) in [5.41, 5.74) is 2.68. The molecule has 0 bridgehead atoms. The van der Waals surface area contributed by atoms with E-state index in [4.69, 9.17) is 10.8 Å². The Labute approximate surface area is 147 Å². The Kier molecular flexibility index (Phi) is 6.65. The van der Waals surface area contributed by atoms with Gasteiger partial charge < -0.3 is 5.41 Å². The van der Waals surface area contributed by atoms with Gasteiger partial charge in [0.05, 0.1) is 17.1 Å². The van der Waals surface area contributed by atoms with E-state index < -0.39 is 0 Å². The van der Waals surface area contributed by atoms with Gasteiger partial charge in [-0.15, -0.1) is 0 Å². The lowest BCUT2D eigenvalue weighted by Crippen LogP contribution is -2.23. The van der Waals surface area contributed by atoms with Gasteiger partial charge in [0, 0.05) is 25.3 Å². The molecule has 0 aliphatic heterocycles. The highest BCUT2D eigenvalue weighted by Gasteiger charge is 2.14. The average molecular weight is 332 g/mol. The molecule has 0 unspecified atom stereocenters. The third-order valence-electron chi connectivity index (χ3n) is 3.43. The largest absolute Gasteiger partial charge is 0.313 e. The Hall–Kier alpha value is -3.21. The fraction of sp³-hybridized carbons (Fsp3) is 0.150. The molecule has 0 saturated heterocycles. The van der Waals surface area contributed by atoms with E-state index >= 15 is 0 Å². The molecule has 0 aliphatic carbocycles. The van der Waals surface area contributed by atoms with E-state index in [9.17, 15) is 4.79 Å². The summed E-state index contributed by atoms with van der Waals surface area (Å²) in [5, 5.41) is 15.3. The molecule has 0 heterocycles. The number of rotatable bonds is 8. The van der Waals surface area contributed by atoms with Crippen LogP contribution in [0, 0.1) is 17.7 Å². The van der Waals surface area contributed by atoms with Crippen molar-refractivity contribution < 1.29 is 4.79 Å². The SMILES string of the molecule is Cc1ccc(N=CCC(=O)C(=N)C(CC=N)=Nc2ccccc2)cc1. The second kappa shape index (κ2) is 9.17. The van der Waals surface area contributed by atoms with Gasteiger partial charge in [-0.3, -0.25) is 20.2 Å². The number of aryl methyl sites for hydroxylation is 1. The van der Waals surface area contributed by atoms with E-state index in [0.29, 0.717) is 5.69 Å². The molecule has 2 aromatic rings. The minimum absolute atomic E-state index is 0.0263. The fourth-order valence-electron chi connectivity index (χ4n) is 2.09. The average Bonchev–Trinajstić information content (AvgIpc) is 2.63. The summed E-state index contributed by atoms with van der Waals surface area (Å²) in [5.74, 6) is -0.368. The number of benzene rings is 2. The second-order valence-electron chi connectivity index (χ2n) is 5.45. The lowest BCUT2D eigenvalue weighted by molar-refractivity contribution is -0.111. The maximum absolute atomic E-state index is 12.2. The maximum Gasteiger partial charge on any atom is 0.187 e. The number of para-hydroxylation sites is 1. The third-order valence-corrected chi connectivity index (χ3v) is 3.43. The summed E-state index contributed by atoms with van der Waals surface area (Å²) >= 11 is 0. The van der Waals surface area contributed by atoms with Crippen molar-refractivity contribution in [2.24, 2.45) is 9.98 Å². The van der Waals surface area contributed by atoms with E-state index in [1.165, 1.54) is 6.21 Å². The molecular weight excluding hydrogens is 312 g/mol. The lowest BCUT2D eigenvalue weighted by atomic mass is 10.1. The molecule has 25 heavy (non-hydrogen) atoms. The number of hydrogen-bond donors (Lipinski definition) is 2. The van der Waals surface area contributed by atoms with Gasteiger partial charge in [0.1, 0.15) is 5.71 Å². The van der Waals surface area contributed by atoms with Crippen LogP contribution in [0.2, 0.25) is 0 Å². The van der Waals surface area contributed by atoms with Crippen molar-refractivity contribution in [1.82, 2.24) is 0 Å². The highest BCUT2D eigenvalue weighted by atomic mass is 16.1. The number of carbonyl (C=O) groups excluding carboxylic acids is 1. The molecule has 0 aliphatic rings. The van der Waals surface area contributed by atoms with E-state index in [-0.39, 0.29) is 30.0 Å². The van der Waals surface area contributed by atoms with Crippen LogP contribution in [-0.4, -0.2) is 29.6 Å². The van der Waals surface area contributed by atoms with Crippen molar-refractivity contribution in [3.8, 4) is 0 Å². The molecule has 2 rings (SSSR count). The van der Waals surface area contributed by atoms with E-state index in [2.05, 4.69) is 9.98 Å². The highest BCUT2D eigenvalue weighted by Crippen LogP contribution is 2.13. The van der Waals surface area contributed by atoms with Crippen LogP contribution in [0.5, 0.6) is 0 Å². The van der Waals surface area contributed by atoms with Gasteiger partial charge >= 0.3 is 0 Å². The summed E-state index contributed by atoms with van der Waals surface area (Å²) < 4.78 is 0. The smallest absolute Gasteiger partial charge is 0.187 e. The highest BCUT2D eigenvalue weighted by molar-refractivity contribution is 6.68. The van der Waals surface area contributed by atoms with Crippen LogP contribution in [-0.2, 0) is 4.79 Å². The fourth-order valence-corrected chi connectivity index (χ4v) is 2.09.